The molecule has 33 heavy (non-hydrogen) atoms. The second-order valence-corrected chi connectivity index (χ2v) is 11.8. The van der Waals surface area contributed by atoms with Gasteiger partial charge < -0.3 is 15.1 Å². The average molecular weight is 454 g/mol. The summed E-state index contributed by atoms with van der Waals surface area (Å²) in [6.07, 6.45) is 8.74. The number of hydrogen-bond acceptors (Lipinski definition) is 3. The van der Waals surface area contributed by atoms with E-state index >= 15 is 0 Å². The molecule has 5 heteroatoms. The minimum atomic E-state index is 0.117. The molecule has 1 aliphatic carbocycles. The quantitative estimate of drug-likeness (QED) is 0.645. The second-order valence-electron chi connectivity index (χ2n) is 11.8. The molecule has 0 bridgehead atoms. The van der Waals surface area contributed by atoms with E-state index in [1.165, 1.54) is 50.0 Å². The molecule has 3 aliphatic rings. The molecule has 1 atom stereocenters. The van der Waals surface area contributed by atoms with Crippen LogP contribution in [0.4, 0.5) is 0 Å². The van der Waals surface area contributed by atoms with Crippen LogP contribution < -0.4 is 5.32 Å². The molecule has 2 aliphatic heterocycles. The summed E-state index contributed by atoms with van der Waals surface area (Å²) in [7, 11) is 0. The van der Waals surface area contributed by atoms with Gasteiger partial charge in [0.25, 0.3) is 0 Å². The number of hydrogen-bond donors (Lipinski definition) is 1. The topological polar surface area (TPSA) is 52.7 Å². The molecule has 0 aromatic heterocycles. The van der Waals surface area contributed by atoms with Crippen molar-refractivity contribution in [3.05, 3.63) is 35.4 Å². The molecular weight excluding hydrogens is 410 g/mol. The Morgan fingerprint density at radius 3 is 2.55 bits per heavy atom. The van der Waals surface area contributed by atoms with Gasteiger partial charge in [0.1, 0.15) is 0 Å². The molecule has 1 aromatic rings. The average Bonchev–Trinajstić information content (AvgIpc) is 3.20. The van der Waals surface area contributed by atoms with E-state index < -0.39 is 0 Å². The van der Waals surface area contributed by atoms with Gasteiger partial charge in [-0.1, -0.05) is 45.0 Å². The number of nitrogens with zero attached hydrogens (tertiary/aromatic N) is 2. The standard InChI is InChI=1S/C28H43N3O2/c1-27(2,3)14-19-30-20-15-28(16-21-30)13-12-24(22-8-4-5-9-23(22)28)29-25(32)10-6-17-31-18-7-11-26(31)33/h4-5,8-9,24H,6-7,10-21H2,1-3H3,(H,29,32)/t24-/m0/s1. The summed E-state index contributed by atoms with van der Waals surface area (Å²) in [5.41, 5.74) is 3.46. The highest BCUT2D eigenvalue weighted by molar-refractivity contribution is 5.78. The fourth-order valence-corrected chi connectivity index (χ4v) is 6.00. The Kier molecular flexibility index (Phi) is 7.47. The fraction of sp³-hybridized carbons (Fsp3) is 0.714. The van der Waals surface area contributed by atoms with Crippen LogP contribution in [0, 0.1) is 5.41 Å². The molecule has 2 saturated heterocycles. The van der Waals surface area contributed by atoms with Crippen LogP contribution >= 0.6 is 0 Å². The number of benzene rings is 1. The summed E-state index contributed by atoms with van der Waals surface area (Å²) in [5, 5.41) is 3.33. The van der Waals surface area contributed by atoms with Gasteiger partial charge in [-0.05, 0) is 86.5 Å². The highest BCUT2D eigenvalue weighted by Gasteiger charge is 2.42. The van der Waals surface area contributed by atoms with Crippen molar-refractivity contribution >= 4 is 11.8 Å². The van der Waals surface area contributed by atoms with Crippen molar-refractivity contribution < 1.29 is 9.59 Å². The molecule has 0 saturated carbocycles. The normalized spacial score (nSPS) is 23.1. The fourth-order valence-electron chi connectivity index (χ4n) is 6.00. The molecule has 1 spiro atoms. The van der Waals surface area contributed by atoms with Gasteiger partial charge >= 0.3 is 0 Å². The van der Waals surface area contributed by atoms with Crippen molar-refractivity contribution in [2.24, 2.45) is 5.41 Å². The van der Waals surface area contributed by atoms with Crippen molar-refractivity contribution in [1.29, 1.82) is 0 Å². The Morgan fingerprint density at radius 1 is 1.09 bits per heavy atom. The van der Waals surface area contributed by atoms with Gasteiger partial charge in [0.15, 0.2) is 0 Å². The maximum absolute atomic E-state index is 12.7. The Labute approximate surface area is 200 Å². The number of piperidine rings is 1. The van der Waals surface area contributed by atoms with Gasteiger partial charge in [-0.15, -0.1) is 0 Å². The summed E-state index contributed by atoms with van der Waals surface area (Å²) in [4.78, 5) is 29.0. The number of carbonyl (C=O) groups excluding carboxylic acids is 2. The molecular formula is C28H43N3O2. The van der Waals surface area contributed by atoms with E-state index in [0.717, 1.165) is 32.2 Å². The summed E-state index contributed by atoms with van der Waals surface area (Å²) in [6.45, 7) is 12.1. The zero-order chi connectivity index (χ0) is 23.5. The Morgan fingerprint density at radius 2 is 1.85 bits per heavy atom. The summed E-state index contributed by atoms with van der Waals surface area (Å²) in [5.74, 6) is 0.362. The first-order valence-corrected chi connectivity index (χ1v) is 13.1. The molecule has 2 heterocycles. The summed E-state index contributed by atoms with van der Waals surface area (Å²) in [6, 6.07) is 8.96. The van der Waals surface area contributed by atoms with Gasteiger partial charge in [-0.25, -0.2) is 0 Å². The molecule has 1 N–H and O–H groups in total. The van der Waals surface area contributed by atoms with E-state index in [1.54, 1.807) is 0 Å². The SMILES string of the molecule is CC(C)(C)CCN1CCC2(CC[C@H](NC(=O)CCCN3CCCC3=O)c3ccccc32)CC1. The van der Waals surface area contributed by atoms with Crippen LogP contribution in [0.1, 0.15) is 95.7 Å². The van der Waals surface area contributed by atoms with Gasteiger partial charge in [-0.3, -0.25) is 9.59 Å². The van der Waals surface area contributed by atoms with Crippen LogP contribution in [0.3, 0.4) is 0 Å². The van der Waals surface area contributed by atoms with Crippen LogP contribution in [-0.4, -0.2) is 54.3 Å². The predicted molar refractivity (Wildman–Crippen MR) is 133 cm³/mol. The van der Waals surface area contributed by atoms with E-state index in [1.807, 2.05) is 4.90 Å². The lowest BCUT2D eigenvalue weighted by Gasteiger charge is -2.47. The Balaban J connectivity index is 1.33. The number of likely N-dealkylation sites (tertiary alicyclic amines) is 2. The minimum Gasteiger partial charge on any atom is -0.349 e. The first kappa shape index (κ1) is 24.3. The third-order valence-corrected chi connectivity index (χ3v) is 8.15. The molecule has 1 aromatic carbocycles. The largest absolute Gasteiger partial charge is 0.349 e. The number of amides is 2. The Bertz CT molecular complexity index is 836. The van der Waals surface area contributed by atoms with E-state index in [9.17, 15) is 9.59 Å². The summed E-state index contributed by atoms with van der Waals surface area (Å²) >= 11 is 0. The number of rotatable bonds is 7. The molecule has 5 nitrogen and oxygen atoms in total. The van der Waals surface area contributed by atoms with Crippen LogP contribution in [0.5, 0.6) is 0 Å². The zero-order valence-electron chi connectivity index (χ0n) is 21.0. The van der Waals surface area contributed by atoms with Crippen LogP contribution in [-0.2, 0) is 15.0 Å². The van der Waals surface area contributed by atoms with E-state index in [0.29, 0.717) is 24.8 Å². The van der Waals surface area contributed by atoms with Crippen LogP contribution in [0.2, 0.25) is 0 Å². The van der Waals surface area contributed by atoms with Crippen molar-refractivity contribution in [2.75, 3.05) is 32.7 Å². The van der Waals surface area contributed by atoms with Crippen LogP contribution in [0.25, 0.3) is 0 Å². The third kappa shape index (κ3) is 5.98. The maximum atomic E-state index is 12.7. The third-order valence-electron chi connectivity index (χ3n) is 8.15. The van der Waals surface area contributed by atoms with Crippen molar-refractivity contribution in [1.82, 2.24) is 15.1 Å². The molecule has 2 fully saturated rings. The van der Waals surface area contributed by atoms with Crippen molar-refractivity contribution in [3.8, 4) is 0 Å². The first-order chi connectivity index (χ1) is 15.8. The van der Waals surface area contributed by atoms with Gasteiger partial charge in [0.05, 0.1) is 6.04 Å². The first-order valence-electron chi connectivity index (χ1n) is 13.1. The van der Waals surface area contributed by atoms with E-state index in [2.05, 4.69) is 55.3 Å². The van der Waals surface area contributed by atoms with Gasteiger partial charge in [0, 0.05) is 25.9 Å². The Hall–Kier alpha value is -1.88. The van der Waals surface area contributed by atoms with Gasteiger partial charge in [-0.2, -0.15) is 0 Å². The summed E-state index contributed by atoms with van der Waals surface area (Å²) < 4.78 is 0. The monoisotopic (exact) mass is 453 g/mol. The van der Waals surface area contributed by atoms with Crippen molar-refractivity contribution in [2.45, 2.75) is 90.0 Å². The lowest BCUT2D eigenvalue weighted by molar-refractivity contribution is -0.128. The highest BCUT2D eigenvalue weighted by atomic mass is 16.2. The number of carbonyl (C=O) groups is 2. The number of nitrogens with one attached hydrogen (secondary N) is 1. The van der Waals surface area contributed by atoms with Crippen molar-refractivity contribution in [3.63, 3.8) is 0 Å². The maximum Gasteiger partial charge on any atom is 0.222 e. The zero-order valence-corrected chi connectivity index (χ0v) is 21.0. The molecule has 0 unspecified atom stereocenters. The van der Waals surface area contributed by atoms with Gasteiger partial charge in [0.2, 0.25) is 11.8 Å². The van der Waals surface area contributed by atoms with E-state index in [4.69, 9.17) is 0 Å². The second kappa shape index (κ2) is 10.2. The smallest absolute Gasteiger partial charge is 0.222 e. The minimum absolute atomic E-state index is 0.117. The molecule has 182 valence electrons. The molecule has 2 amide bonds. The lowest BCUT2D eigenvalue weighted by Crippen LogP contribution is -2.46. The number of fused-ring (bicyclic) bond motifs is 2. The van der Waals surface area contributed by atoms with E-state index in [-0.39, 0.29) is 23.3 Å². The molecule has 0 radical (unpaired) electrons. The predicted octanol–water partition coefficient (Wildman–Crippen LogP) is 4.81. The molecule has 4 rings (SSSR count). The lowest BCUT2D eigenvalue weighted by atomic mass is 9.63. The van der Waals surface area contributed by atoms with Crippen LogP contribution in [0.15, 0.2) is 24.3 Å². The highest BCUT2D eigenvalue weighted by Crippen LogP contribution is 2.48.